The van der Waals surface area contributed by atoms with E-state index in [2.05, 4.69) is 5.32 Å². The molecule has 3 aliphatic rings. The normalized spacial score (nSPS) is 17.2. The van der Waals surface area contributed by atoms with Crippen LogP contribution in [0.3, 0.4) is 0 Å². The molecule has 30 heavy (non-hydrogen) atoms. The maximum atomic E-state index is 12.9. The molecular weight excluding hydrogens is 380 g/mol. The maximum Gasteiger partial charge on any atom is 0.251 e. The second-order valence-electron chi connectivity index (χ2n) is 8.09. The van der Waals surface area contributed by atoms with Crippen molar-refractivity contribution in [3.63, 3.8) is 0 Å². The fourth-order valence-corrected chi connectivity index (χ4v) is 3.51. The number of hydrogen-bond acceptors (Lipinski definition) is 4. The topological polar surface area (TPSA) is 67.9 Å². The lowest BCUT2D eigenvalue weighted by atomic mass is 10.1. The molecule has 6 nitrogen and oxygen atoms in total. The number of fused-ring (bicyclic) bond motifs is 1. The van der Waals surface area contributed by atoms with Gasteiger partial charge in [0.2, 0.25) is 12.7 Å². The fourth-order valence-electron chi connectivity index (χ4n) is 3.51. The summed E-state index contributed by atoms with van der Waals surface area (Å²) in [7, 11) is 0. The van der Waals surface area contributed by atoms with Crippen molar-refractivity contribution in [1.82, 2.24) is 10.2 Å². The molecule has 1 aliphatic heterocycles. The van der Waals surface area contributed by atoms with E-state index < -0.39 is 0 Å². The number of hydrogen-bond donors (Lipinski definition) is 1. The van der Waals surface area contributed by atoms with Crippen LogP contribution in [0, 0.1) is 0 Å². The summed E-state index contributed by atoms with van der Waals surface area (Å²) in [5.74, 6) is 1.40. The zero-order valence-electron chi connectivity index (χ0n) is 16.7. The monoisotopic (exact) mass is 404 g/mol. The van der Waals surface area contributed by atoms with E-state index in [0.29, 0.717) is 23.9 Å². The Bertz CT molecular complexity index is 991. The lowest BCUT2D eigenvalue weighted by Crippen LogP contribution is -2.31. The van der Waals surface area contributed by atoms with Crippen LogP contribution < -0.4 is 14.8 Å². The third-order valence-electron chi connectivity index (χ3n) is 5.57. The third-order valence-corrected chi connectivity index (χ3v) is 5.57. The minimum atomic E-state index is -0.0224. The van der Waals surface area contributed by atoms with E-state index in [1.807, 2.05) is 53.4 Å². The molecule has 1 N–H and O–H groups in total. The van der Waals surface area contributed by atoms with Crippen LogP contribution in [0.25, 0.3) is 6.08 Å². The van der Waals surface area contributed by atoms with Gasteiger partial charge in [0.15, 0.2) is 11.5 Å². The SMILES string of the molecule is O=C(NC1CC1)c1ccc(CN(C(=O)/C=C/c2ccc3c(c2)OCO3)C2CC2)cc1. The van der Waals surface area contributed by atoms with Crippen LogP contribution in [0.15, 0.2) is 48.5 Å². The molecule has 1 heterocycles. The van der Waals surface area contributed by atoms with E-state index >= 15 is 0 Å². The van der Waals surface area contributed by atoms with Crippen LogP contribution in [0.2, 0.25) is 0 Å². The maximum absolute atomic E-state index is 12.9. The molecule has 2 fully saturated rings. The first-order valence-electron chi connectivity index (χ1n) is 10.4. The number of carbonyl (C=O) groups excluding carboxylic acids is 2. The molecule has 5 rings (SSSR count). The van der Waals surface area contributed by atoms with Gasteiger partial charge in [-0.25, -0.2) is 0 Å². The molecule has 2 aliphatic carbocycles. The Hall–Kier alpha value is -3.28. The van der Waals surface area contributed by atoms with Crippen LogP contribution >= 0.6 is 0 Å². The Morgan fingerprint density at radius 2 is 1.77 bits per heavy atom. The highest BCUT2D eigenvalue weighted by Crippen LogP contribution is 2.33. The average molecular weight is 404 g/mol. The summed E-state index contributed by atoms with van der Waals surface area (Å²) in [5.41, 5.74) is 2.58. The summed E-state index contributed by atoms with van der Waals surface area (Å²) in [4.78, 5) is 26.9. The van der Waals surface area contributed by atoms with Crippen molar-refractivity contribution in [3.05, 3.63) is 65.2 Å². The Morgan fingerprint density at radius 3 is 2.50 bits per heavy atom. The Kier molecular flexibility index (Phi) is 4.91. The standard InChI is InChI=1S/C24H24N2O4/c27-23(12-4-16-3-11-21-22(13-16)30-15-29-21)26(20-9-10-20)14-17-1-5-18(6-2-17)24(28)25-19-7-8-19/h1-6,11-13,19-20H,7-10,14-15H2,(H,25,28)/b12-4+. The Labute approximate surface area is 175 Å². The van der Waals surface area contributed by atoms with E-state index in [1.54, 1.807) is 6.08 Å². The van der Waals surface area contributed by atoms with E-state index in [1.165, 1.54) is 0 Å². The van der Waals surface area contributed by atoms with Crippen molar-refractivity contribution in [2.75, 3.05) is 6.79 Å². The summed E-state index contributed by atoms with van der Waals surface area (Å²) in [6.45, 7) is 0.775. The van der Waals surface area contributed by atoms with E-state index in [0.717, 1.165) is 42.6 Å². The number of amides is 2. The van der Waals surface area contributed by atoms with Crippen LogP contribution in [0.1, 0.15) is 47.2 Å². The number of nitrogens with zero attached hydrogens (tertiary/aromatic N) is 1. The van der Waals surface area contributed by atoms with Gasteiger partial charge in [0.1, 0.15) is 0 Å². The van der Waals surface area contributed by atoms with Gasteiger partial charge in [-0.15, -0.1) is 0 Å². The van der Waals surface area contributed by atoms with Crippen molar-refractivity contribution in [1.29, 1.82) is 0 Å². The average Bonchev–Trinajstić information content (AvgIpc) is 3.69. The summed E-state index contributed by atoms with van der Waals surface area (Å²) in [6, 6.07) is 13.8. The Morgan fingerprint density at radius 1 is 1.00 bits per heavy atom. The van der Waals surface area contributed by atoms with Gasteiger partial charge in [-0.3, -0.25) is 9.59 Å². The Balaban J connectivity index is 1.23. The van der Waals surface area contributed by atoms with Gasteiger partial charge in [-0.1, -0.05) is 18.2 Å². The first kappa shape index (κ1) is 18.7. The van der Waals surface area contributed by atoms with Crippen LogP contribution in [0.5, 0.6) is 11.5 Å². The predicted octanol–water partition coefficient (Wildman–Crippen LogP) is 3.51. The number of benzene rings is 2. The van der Waals surface area contributed by atoms with Crippen molar-refractivity contribution < 1.29 is 19.1 Å². The molecule has 0 unspecified atom stereocenters. The van der Waals surface area contributed by atoms with Gasteiger partial charge in [0.05, 0.1) is 0 Å². The summed E-state index contributed by atoms with van der Waals surface area (Å²) < 4.78 is 10.7. The van der Waals surface area contributed by atoms with E-state index in [9.17, 15) is 9.59 Å². The highest BCUT2D eigenvalue weighted by molar-refractivity contribution is 5.94. The molecule has 2 aromatic rings. The molecule has 0 bridgehead atoms. The smallest absolute Gasteiger partial charge is 0.251 e. The second kappa shape index (κ2) is 7.86. The third kappa shape index (κ3) is 4.32. The molecule has 0 spiro atoms. The summed E-state index contributed by atoms with van der Waals surface area (Å²) in [5, 5.41) is 3.00. The number of ether oxygens (including phenoxy) is 2. The number of nitrogens with one attached hydrogen (secondary N) is 1. The van der Waals surface area contributed by atoms with Crippen molar-refractivity contribution in [3.8, 4) is 11.5 Å². The quantitative estimate of drug-likeness (QED) is 0.717. The van der Waals surface area contributed by atoms with Crippen LogP contribution in [-0.4, -0.2) is 35.6 Å². The number of carbonyl (C=O) groups is 2. The zero-order chi connectivity index (χ0) is 20.5. The molecule has 0 saturated heterocycles. The van der Waals surface area contributed by atoms with Crippen LogP contribution in [-0.2, 0) is 11.3 Å². The fraction of sp³-hybridized carbons (Fsp3) is 0.333. The highest BCUT2D eigenvalue weighted by Gasteiger charge is 2.31. The first-order valence-corrected chi connectivity index (χ1v) is 10.4. The largest absolute Gasteiger partial charge is 0.454 e. The zero-order valence-corrected chi connectivity index (χ0v) is 16.7. The van der Waals surface area contributed by atoms with Crippen molar-refractivity contribution >= 4 is 17.9 Å². The molecule has 2 amide bonds. The van der Waals surface area contributed by atoms with Gasteiger partial charge >= 0.3 is 0 Å². The van der Waals surface area contributed by atoms with Crippen LogP contribution in [0.4, 0.5) is 0 Å². The molecule has 0 aromatic heterocycles. The minimum Gasteiger partial charge on any atom is -0.454 e. The van der Waals surface area contributed by atoms with Gasteiger partial charge in [0, 0.05) is 30.3 Å². The molecule has 0 atom stereocenters. The molecule has 2 aromatic carbocycles. The molecule has 2 saturated carbocycles. The van der Waals surface area contributed by atoms with E-state index in [4.69, 9.17) is 9.47 Å². The second-order valence-corrected chi connectivity index (χ2v) is 8.09. The van der Waals surface area contributed by atoms with Gasteiger partial charge < -0.3 is 19.7 Å². The van der Waals surface area contributed by atoms with Gasteiger partial charge in [-0.2, -0.15) is 0 Å². The van der Waals surface area contributed by atoms with Crippen molar-refractivity contribution in [2.24, 2.45) is 0 Å². The lowest BCUT2D eigenvalue weighted by molar-refractivity contribution is -0.127. The molecular formula is C24H24N2O4. The van der Waals surface area contributed by atoms with Gasteiger partial charge in [-0.05, 0) is 67.2 Å². The summed E-state index contributed by atoms with van der Waals surface area (Å²) in [6.07, 6.45) is 7.64. The van der Waals surface area contributed by atoms with E-state index in [-0.39, 0.29) is 24.6 Å². The molecule has 6 heteroatoms. The summed E-state index contributed by atoms with van der Waals surface area (Å²) >= 11 is 0. The molecule has 154 valence electrons. The predicted molar refractivity (Wildman–Crippen MR) is 112 cm³/mol. The highest BCUT2D eigenvalue weighted by atomic mass is 16.7. The van der Waals surface area contributed by atoms with Crippen molar-refractivity contribution in [2.45, 2.75) is 44.3 Å². The lowest BCUT2D eigenvalue weighted by Gasteiger charge is -2.21. The minimum absolute atomic E-state index is 0.00859. The first-order chi connectivity index (χ1) is 14.7. The number of rotatable bonds is 7. The van der Waals surface area contributed by atoms with Gasteiger partial charge in [0.25, 0.3) is 5.91 Å². The molecule has 0 radical (unpaired) electrons.